The Balaban J connectivity index is 1.44. The fourth-order valence-corrected chi connectivity index (χ4v) is 5.41. The maximum absolute atomic E-state index is 14.8. The molecule has 2 N–H and O–H groups in total. The first kappa shape index (κ1) is 24.6. The summed E-state index contributed by atoms with van der Waals surface area (Å²) in [5.74, 6) is 1.24. The van der Waals surface area contributed by atoms with Crippen LogP contribution in [-0.2, 0) is 15.0 Å². The zero-order chi connectivity index (χ0) is 26.5. The van der Waals surface area contributed by atoms with Crippen LogP contribution in [0.2, 0.25) is 0 Å². The monoisotopic (exact) mass is 501 g/mol. The lowest BCUT2D eigenvalue weighted by atomic mass is 9.79. The van der Waals surface area contributed by atoms with E-state index in [4.69, 9.17) is 10.8 Å². The van der Waals surface area contributed by atoms with Gasteiger partial charge in [0.1, 0.15) is 17.3 Å². The number of para-hydroxylation sites is 1. The van der Waals surface area contributed by atoms with Crippen LogP contribution in [0.25, 0.3) is 11.0 Å². The van der Waals surface area contributed by atoms with Gasteiger partial charge in [-0.1, -0.05) is 35.7 Å². The number of terminal acetylenes is 1. The number of hydrogen-bond donors (Lipinski definition) is 2. The Kier molecular flexibility index (Phi) is 5.82. The molecule has 0 radical (unpaired) electrons. The molecule has 0 bridgehead atoms. The lowest BCUT2D eigenvalue weighted by Crippen LogP contribution is -2.52. The molecule has 0 aliphatic carbocycles. The summed E-state index contributed by atoms with van der Waals surface area (Å²) in [6.45, 7) is 4.65. The highest BCUT2D eigenvalue weighted by molar-refractivity contribution is 6.07. The van der Waals surface area contributed by atoms with Gasteiger partial charge < -0.3 is 20.0 Å². The van der Waals surface area contributed by atoms with Crippen molar-refractivity contribution >= 4 is 34.4 Å². The molecule has 3 atom stereocenters. The van der Waals surface area contributed by atoms with E-state index >= 15 is 0 Å². The molecule has 3 amide bonds. The highest BCUT2D eigenvalue weighted by Gasteiger charge is 2.56. The summed E-state index contributed by atoms with van der Waals surface area (Å²) in [5.41, 5.74) is 0.239. The molecule has 7 nitrogen and oxygen atoms in total. The number of alkyl halides is 1. The summed E-state index contributed by atoms with van der Waals surface area (Å²) >= 11 is 0. The number of halogens is 1. The fourth-order valence-electron chi connectivity index (χ4n) is 5.41. The minimum Gasteiger partial charge on any atom is -0.451 e. The van der Waals surface area contributed by atoms with E-state index in [0.717, 1.165) is 16.5 Å². The van der Waals surface area contributed by atoms with Crippen LogP contribution >= 0.6 is 0 Å². The van der Waals surface area contributed by atoms with Gasteiger partial charge in [0.05, 0.1) is 11.5 Å². The van der Waals surface area contributed by atoms with Gasteiger partial charge in [0.15, 0.2) is 5.76 Å². The first-order valence-electron chi connectivity index (χ1n) is 12.2. The highest BCUT2D eigenvalue weighted by atomic mass is 19.1. The smallest absolute Gasteiger partial charge is 0.287 e. The Morgan fingerprint density at radius 3 is 2.78 bits per heavy atom. The second-order valence-electron chi connectivity index (χ2n) is 10.5. The van der Waals surface area contributed by atoms with Gasteiger partial charge in [0, 0.05) is 24.0 Å². The quantitative estimate of drug-likeness (QED) is 0.515. The van der Waals surface area contributed by atoms with Crippen molar-refractivity contribution in [2.24, 2.45) is 0 Å². The number of carbonyl (C=O) groups excluding carboxylic acids is 3. The molecule has 2 unspecified atom stereocenters. The molecule has 2 aliphatic heterocycles. The summed E-state index contributed by atoms with van der Waals surface area (Å²) in [7, 11) is 0. The van der Waals surface area contributed by atoms with Crippen LogP contribution in [-0.4, -0.2) is 46.9 Å². The zero-order valence-electron chi connectivity index (χ0n) is 20.9. The minimum absolute atomic E-state index is 0.0190. The molecule has 2 aliphatic rings. The average Bonchev–Trinajstić information content (AvgIpc) is 3.51. The van der Waals surface area contributed by atoms with Gasteiger partial charge in [0.2, 0.25) is 11.8 Å². The second kappa shape index (κ2) is 8.77. The predicted molar refractivity (Wildman–Crippen MR) is 138 cm³/mol. The van der Waals surface area contributed by atoms with E-state index in [0.29, 0.717) is 11.3 Å². The molecular formula is C29H28FN3O4. The normalized spacial score (nSPS) is 21.5. The Morgan fingerprint density at radius 2 is 2.05 bits per heavy atom. The Hall–Kier alpha value is -4.12. The number of anilines is 1. The molecule has 1 fully saturated rings. The van der Waals surface area contributed by atoms with E-state index in [1.54, 1.807) is 18.2 Å². The molecular weight excluding hydrogens is 473 g/mol. The minimum atomic E-state index is -1.76. The molecule has 2 aromatic carbocycles. The van der Waals surface area contributed by atoms with Gasteiger partial charge in [0.25, 0.3) is 5.91 Å². The van der Waals surface area contributed by atoms with Crippen LogP contribution in [0.15, 0.2) is 52.9 Å². The molecule has 0 saturated carbocycles. The van der Waals surface area contributed by atoms with E-state index in [-0.39, 0.29) is 31.1 Å². The van der Waals surface area contributed by atoms with Crippen molar-refractivity contribution in [1.82, 2.24) is 10.2 Å². The van der Waals surface area contributed by atoms with Crippen molar-refractivity contribution in [2.75, 3.05) is 11.9 Å². The molecule has 1 aromatic heterocycles. The van der Waals surface area contributed by atoms with Gasteiger partial charge >= 0.3 is 0 Å². The van der Waals surface area contributed by atoms with Crippen molar-refractivity contribution in [3.05, 3.63) is 65.4 Å². The lowest BCUT2D eigenvalue weighted by molar-refractivity contribution is -0.134. The maximum atomic E-state index is 14.8. The summed E-state index contributed by atoms with van der Waals surface area (Å²) in [6, 6.07) is 12.5. The van der Waals surface area contributed by atoms with Crippen molar-refractivity contribution < 1.29 is 23.2 Å². The zero-order valence-corrected chi connectivity index (χ0v) is 20.9. The van der Waals surface area contributed by atoms with E-state index < -0.39 is 35.0 Å². The average molecular weight is 502 g/mol. The van der Waals surface area contributed by atoms with Crippen LogP contribution < -0.4 is 10.6 Å². The predicted octanol–water partition coefficient (Wildman–Crippen LogP) is 4.10. The number of nitrogens with zero attached hydrogens (tertiary/aromatic N) is 1. The maximum Gasteiger partial charge on any atom is 0.287 e. The number of benzene rings is 2. The largest absolute Gasteiger partial charge is 0.451 e. The lowest BCUT2D eigenvalue weighted by Gasteiger charge is -2.30. The van der Waals surface area contributed by atoms with Crippen LogP contribution in [0, 0.1) is 19.3 Å². The molecule has 1 spiro atoms. The summed E-state index contributed by atoms with van der Waals surface area (Å²) in [6.07, 6.45) is 5.76. The number of likely N-dealkylation sites (tertiary alicyclic amines) is 1. The second-order valence-corrected chi connectivity index (χ2v) is 10.5. The number of aryl methyl sites for hydroxylation is 1. The SMILES string of the molecule is C#CC1C[C@@]2(CN1C(=O)C(CC(C)(C)F)NC(=O)c1cc3cc(C)ccc3o1)C(=O)Nc1ccccc12. The third-order valence-electron chi connectivity index (χ3n) is 7.15. The standard InChI is InChI=1S/C29H28FN3O4/c1-5-19-14-29(20-8-6-7-9-21(20)32-27(29)36)16-33(19)26(35)22(15-28(3,4)30)31-25(34)24-13-18-12-17(2)10-11-23(18)37-24/h1,6-13,19,22H,14-16H2,2-4H3,(H,31,34)(H,32,36)/t19?,22?,29-/m0/s1. The van der Waals surface area contributed by atoms with E-state index in [9.17, 15) is 18.8 Å². The molecule has 8 heteroatoms. The first-order chi connectivity index (χ1) is 17.5. The van der Waals surface area contributed by atoms with Crippen LogP contribution in [0.5, 0.6) is 0 Å². The third kappa shape index (κ3) is 4.35. The van der Waals surface area contributed by atoms with Crippen molar-refractivity contribution in [3.8, 4) is 12.3 Å². The first-order valence-corrected chi connectivity index (χ1v) is 12.2. The van der Waals surface area contributed by atoms with Crippen LogP contribution in [0.1, 0.15) is 48.4 Å². The van der Waals surface area contributed by atoms with E-state index in [1.807, 2.05) is 37.3 Å². The number of fused-ring (bicyclic) bond motifs is 3. The van der Waals surface area contributed by atoms with E-state index in [2.05, 4.69) is 16.6 Å². The molecule has 37 heavy (non-hydrogen) atoms. The van der Waals surface area contributed by atoms with Gasteiger partial charge in [-0.15, -0.1) is 6.42 Å². The van der Waals surface area contributed by atoms with Crippen molar-refractivity contribution in [3.63, 3.8) is 0 Å². The van der Waals surface area contributed by atoms with Gasteiger partial charge in [-0.25, -0.2) is 4.39 Å². The Labute approximate surface area is 214 Å². The van der Waals surface area contributed by atoms with Crippen molar-refractivity contribution in [1.29, 1.82) is 0 Å². The number of carbonyl (C=O) groups is 3. The topological polar surface area (TPSA) is 91.7 Å². The number of rotatable bonds is 5. The molecule has 1 saturated heterocycles. The summed E-state index contributed by atoms with van der Waals surface area (Å²) in [4.78, 5) is 41.5. The van der Waals surface area contributed by atoms with Gasteiger partial charge in [-0.2, -0.15) is 0 Å². The van der Waals surface area contributed by atoms with E-state index in [1.165, 1.54) is 18.7 Å². The van der Waals surface area contributed by atoms with Gasteiger partial charge in [-0.3, -0.25) is 14.4 Å². The summed E-state index contributed by atoms with van der Waals surface area (Å²) in [5, 5.41) is 6.30. The van der Waals surface area contributed by atoms with Crippen molar-refractivity contribution in [2.45, 2.75) is 56.8 Å². The number of furan rings is 1. The molecule has 190 valence electrons. The van der Waals surface area contributed by atoms with Crippen LogP contribution in [0.4, 0.5) is 10.1 Å². The Bertz CT molecular complexity index is 1460. The third-order valence-corrected chi connectivity index (χ3v) is 7.15. The highest BCUT2D eigenvalue weighted by Crippen LogP contribution is 2.46. The number of amides is 3. The fraction of sp³-hybridized carbons (Fsp3) is 0.345. The number of hydrogen-bond acceptors (Lipinski definition) is 4. The van der Waals surface area contributed by atoms with Gasteiger partial charge in [-0.05, 0) is 57.0 Å². The summed E-state index contributed by atoms with van der Waals surface area (Å²) < 4.78 is 20.5. The molecule has 5 rings (SSSR count). The van der Waals surface area contributed by atoms with Crippen LogP contribution in [0.3, 0.4) is 0 Å². The number of nitrogens with one attached hydrogen (secondary N) is 2. The molecule has 3 aromatic rings. The Morgan fingerprint density at radius 1 is 1.30 bits per heavy atom. The molecule has 3 heterocycles.